The van der Waals surface area contributed by atoms with E-state index in [1.807, 2.05) is 6.92 Å². The number of carbonyl (C=O) groups is 2. The summed E-state index contributed by atoms with van der Waals surface area (Å²) >= 11 is 0. The lowest BCUT2D eigenvalue weighted by molar-refractivity contribution is -0.114. The van der Waals surface area contributed by atoms with Crippen LogP contribution in [0.4, 0.5) is 10.5 Å². The number of hydrogen-bond acceptors (Lipinski definition) is 4. The lowest BCUT2D eigenvalue weighted by atomic mass is 10.2. The van der Waals surface area contributed by atoms with Crippen molar-refractivity contribution in [3.8, 4) is 0 Å². The highest BCUT2D eigenvalue weighted by atomic mass is 16.3. The number of benzene rings is 1. The molecule has 3 amide bonds. The maximum atomic E-state index is 10.9. The lowest BCUT2D eigenvalue weighted by Gasteiger charge is -2.03. The van der Waals surface area contributed by atoms with Gasteiger partial charge in [-0.25, -0.2) is 4.79 Å². The Labute approximate surface area is 138 Å². The first-order valence-corrected chi connectivity index (χ1v) is 7.67. The molecular formula is C16H30N4O3. The summed E-state index contributed by atoms with van der Waals surface area (Å²) in [6.45, 7) is 6.87. The van der Waals surface area contributed by atoms with Crippen LogP contribution < -0.4 is 22.1 Å². The second kappa shape index (κ2) is 16.3. The molecule has 0 unspecified atom stereocenters. The molecule has 132 valence electrons. The van der Waals surface area contributed by atoms with Gasteiger partial charge in [-0.2, -0.15) is 0 Å². The third kappa shape index (κ3) is 16.1. The highest BCUT2D eigenvalue weighted by molar-refractivity contribution is 5.92. The summed E-state index contributed by atoms with van der Waals surface area (Å²) in [5.74, 6) is -0.225. The zero-order valence-electron chi connectivity index (χ0n) is 14.3. The van der Waals surface area contributed by atoms with Crippen LogP contribution in [0.15, 0.2) is 24.3 Å². The minimum Gasteiger partial charge on any atom is -0.392 e. The molecule has 7 N–H and O–H groups in total. The van der Waals surface area contributed by atoms with E-state index in [4.69, 9.17) is 16.6 Å². The maximum absolute atomic E-state index is 10.9. The second-order valence-electron chi connectivity index (χ2n) is 4.61. The minimum absolute atomic E-state index is 0.00507. The van der Waals surface area contributed by atoms with E-state index in [0.29, 0.717) is 12.2 Å². The predicted octanol–water partition coefficient (Wildman–Crippen LogP) is 1.56. The van der Waals surface area contributed by atoms with Gasteiger partial charge in [0.15, 0.2) is 0 Å². The summed E-state index contributed by atoms with van der Waals surface area (Å²) in [6, 6.07) is 6.48. The van der Waals surface area contributed by atoms with Gasteiger partial charge >= 0.3 is 6.03 Å². The van der Waals surface area contributed by atoms with Gasteiger partial charge in [-0.3, -0.25) is 4.79 Å². The van der Waals surface area contributed by atoms with E-state index in [0.717, 1.165) is 12.0 Å². The number of urea groups is 1. The molecule has 0 aliphatic heterocycles. The van der Waals surface area contributed by atoms with Crippen LogP contribution in [0.25, 0.3) is 0 Å². The van der Waals surface area contributed by atoms with E-state index in [-0.39, 0.29) is 19.1 Å². The largest absolute Gasteiger partial charge is 0.392 e. The van der Waals surface area contributed by atoms with Crippen molar-refractivity contribution in [2.75, 3.05) is 18.4 Å². The van der Waals surface area contributed by atoms with Crippen LogP contribution in [-0.2, 0) is 11.4 Å². The Kier molecular flexibility index (Phi) is 16.4. The first kappa shape index (κ1) is 23.2. The molecule has 0 radical (unpaired) electrons. The van der Waals surface area contributed by atoms with Crippen molar-refractivity contribution in [3.05, 3.63) is 29.8 Å². The number of amides is 3. The summed E-state index contributed by atoms with van der Waals surface area (Å²) in [6.07, 6.45) is 2.18. The monoisotopic (exact) mass is 326 g/mol. The fraction of sp³-hybridized carbons (Fsp3) is 0.500. The molecule has 1 rings (SSSR count). The topological polar surface area (TPSA) is 130 Å². The SMILES string of the molecule is CCC.CCCNC(N)=O.NCC(=O)Nc1ccc(CO)cc1. The quantitative estimate of drug-likeness (QED) is 0.562. The number of primary amides is 1. The molecule has 0 heterocycles. The molecule has 1 aromatic rings. The van der Waals surface area contributed by atoms with Crippen LogP contribution in [0.5, 0.6) is 0 Å². The molecular weight excluding hydrogens is 296 g/mol. The van der Waals surface area contributed by atoms with Gasteiger partial charge in [0.25, 0.3) is 0 Å². The molecule has 0 saturated carbocycles. The number of nitrogens with two attached hydrogens (primary N) is 2. The van der Waals surface area contributed by atoms with Crippen molar-refractivity contribution in [3.63, 3.8) is 0 Å². The molecule has 7 heteroatoms. The number of aliphatic hydroxyl groups excluding tert-OH is 1. The van der Waals surface area contributed by atoms with E-state index in [9.17, 15) is 9.59 Å². The first-order valence-electron chi connectivity index (χ1n) is 7.67. The van der Waals surface area contributed by atoms with E-state index < -0.39 is 6.03 Å². The Balaban J connectivity index is 0. The number of hydrogen-bond donors (Lipinski definition) is 5. The molecule has 0 aromatic heterocycles. The molecule has 23 heavy (non-hydrogen) atoms. The average Bonchev–Trinajstić information content (AvgIpc) is 2.54. The van der Waals surface area contributed by atoms with Crippen LogP contribution in [0.1, 0.15) is 39.2 Å². The second-order valence-corrected chi connectivity index (χ2v) is 4.61. The van der Waals surface area contributed by atoms with Crippen LogP contribution in [-0.4, -0.2) is 30.1 Å². The third-order valence-corrected chi connectivity index (χ3v) is 2.15. The van der Waals surface area contributed by atoms with Crippen molar-refractivity contribution in [2.24, 2.45) is 11.5 Å². The van der Waals surface area contributed by atoms with E-state index in [1.165, 1.54) is 6.42 Å². The van der Waals surface area contributed by atoms with E-state index in [1.54, 1.807) is 24.3 Å². The summed E-state index contributed by atoms with van der Waals surface area (Å²) in [5, 5.41) is 13.8. The zero-order chi connectivity index (χ0) is 18.1. The standard InChI is InChI=1S/C9H12N2O2.C4H10N2O.C3H8/c10-5-9(13)11-8-3-1-7(6-12)2-4-8;1-2-3-6-4(5)7;1-3-2/h1-4,12H,5-6,10H2,(H,11,13);2-3H2,1H3,(H3,5,6,7);3H2,1-2H3. The molecule has 0 fully saturated rings. The molecule has 0 spiro atoms. The predicted molar refractivity (Wildman–Crippen MR) is 93.9 cm³/mol. The van der Waals surface area contributed by atoms with Gasteiger partial charge in [0.05, 0.1) is 13.2 Å². The fourth-order valence-corrected chi connectivity index (χ4v) is 1.15. The van der Waals surface area contributed by atoms with Crippen LogP contribution >= 0.6 is 0 Å². The first-order chi connectivity index (χ1) is 10.9. The Hall–Kier alpha value is -2.12. The molecule has 7 nitrogen and oxygen atoms in total. The summed E-state index contributed by atoms with van der Waals surface area (Å²) in [5.41, 5.74) is 11.4. The van der Waals surface area contributed by atoms with Gasteiger partial charge < -0.3 is 27.2 Å². The minimum atomic E-state index is -0.443. The normalized spacial score (nSPS) is 8.74. The van der Waals surface area contributed by atoms with Gasteiger partial charge in [-0.05, 0) is 24.1 Å². The number of carbonyl (C=O) groups excluding carboxylic acids is 2. The lowest BCUT2D eigenvalue weighted by Crippen LogP contribution is -2.29. The van der Waals surface area contributed by atoms with Crippen molar-refractivity contribution in [1.82, 2.24) is 5.32 Å². The van der Waals surface area contributed by atoms with Crippen molar-refractivity contribution < 1.29 is 14.7 Å². The number of anilines is 1. The van der Waals surface area contributed by atoms with Gasteiger partial charge in [-0.1, -0.05) is 39.3 Å². The molecule has 0 atom stereocenters. The van der Waals surface area contributed by atoms with Crippen molar-refractivity contribution in [1.29, 1.82) is 0 Å². The zero-order valence-corrected chi connectivity index (χ0v) is 14.3. The maximum Gasteiger partial charge on any atom is 0.312 e. The van der Waals surface area contributed by atoms with Crippen LogP contribution in [0, 0.1) is 0 Å². The summed E-state index contributed by atoms with van der Waals surface area (Å²) < 4.78 is 0. The van der Waals surface area contributed by atoms with Gasteiger partial charge in [-0.15, -0.1) is 0 Å². The molecule has 0 aliphatic rings. The molecule has 1 aromatic carbocycles. The molecule has 0 bridgehead atoms. The number of aliphatic hydroxyl groups is 1. The van der Waals surface area contributed by atoms with E-state index in [2.05, 4.69) is 24.5 Å². The van der Waals surface area contributed by atoms with E-state index >= 15 is 0 Å². The highest BCUT2D eigenvalue weighted by Gasteiger charge is 1.98. The van der Waals surface area contributed by atoms with Crippen molar-refractivity contribution >= 4 is 17.6 Å². The highest BCUT2D eigenvalue weighted by Crippen LogP contribution is 2.08. The Morgan fingerprint density at radius 3 is 1.96 bits per heavy atom. The summed E-state index contributed by atoms with van der Waals surface area (Å²) in [7, 11) is 0. The number of nitrogens with one attached hydrogen (secondary N) is 2. The fourth-order valence-electron chi connectivity index (χ4n) is 1.15. The molecule has 0 aliphatic carbocycles. The molecule has 0 saturated heterocycles. The van der Waals surface area contributed by atoms with Crippen LogP contribution in [0.2, 0.25) is 0 Å². The van der Waals surface area contributed by atoms with Gasteiger partial charge in [0.1, 0.15) is 0 Å². The van der Waals surface area contributed by atoms with Gasteiger partial charge in [0.2, 0.25) is 5.91 Å². The Bertz CT molecular complexity index is 422. The number of rotatable bonds is 5. The van der Waals surface area contributed by atoms with Gasteiger partial charge in [0, 0.05) is 12.2 Å². The Morgan fingerprint density at radius 1 is 1.13 bits per heavy atom. The van der Waals surface area contributed by atoms with Crippen LogP contribution in [0.3, 0.4) is 0 Å². The smallest absolute Gasteiger partial charge is 0.312 e. The Morgan fingerprint density at radius 2 is 1.65 bits per heavy atom. The van der Waals surface area contributed by atoms with Crippen molar-refractivity contribution in [2.45, 2.75) is 40.2 Å². The third-order valence-electron chi connectivity index (χ3n) is 2.15. The summed E-state index contributed by atoms with van der Waals surface area (Å²) in [4.78, 5) is 20.7. The average molecular weight is 326 g/mol.